The van der Waals surface area contributed by atoms with Crippen molar-refractivity contribution >= 4 is 23.2 Å². The van der Waals surface area contributed by atoms with Crippen molar-refractivity contribution < 1.29 is 18.9 Å². The number of anilines is 1. The van der Waals surface area contributed by atoms with Crippen molar-refractivity contribution in [3.63, 3.8) is 0 Å². The zero-order valence-electron chi connectivity index (χ0n) is 10.3. The Morgan fingerprint density at radius 3 is 2.80 bits per heavy atom. The van der Waals surface area contributed by atoms with Gasteiger partial charge in [0.2, 0.25) is 5.91 Å². The number of hydrogen-bond donors (Lipinski definition) is 2. The van der Waals surface area contributed by atoms with Crippen molar-refractivity contribution in [1.82, 2.24) is 10.2 Å². The topological polar surface area (TPSA) is 119 Å². The lowest BCUT2D eigenvalue weighted by atomic mass is 10.1. The van der Waals surface area contributed by atoms with Crippen LogP contribution < -0.4 is 11.1 Å². The largest absolute Gasteiger partial charge is 0.396 e. The van der Waals surface area contributed by atoms with Crippen molar-refractivity contribution in [2.75, 3.05) is 25.4 Å². The monoisotopic (exact) mass is 282 g/mol. The number of hydrogen-bond acceptors (Lipinski definition) is 5. The maximum Gasteiger partial charge on any atom is 0.285 e. The third-order valence-electron chi connectivity index (χ3n) is 2.87. The first-order chi connectivity index (χ1) is 9.40. The summed E-state index contributed by atoms with van der Waals surface area (Å²) in [6, 6.07) is 1.52. The van der Waals surface area contributed by atoms with E-state index in [0.29, 0.717) is 6.07 Å². The van der Waals surface area contributed by atoms with Gasteiger partial charge in [-0.05, 0) is 6.07 Å². The van der Waals surface area contributed by atoms with Gasteiger partial charge in [0, 0.05) is 13.1 Å². The number of nitrogens with zero attached hydrogens (tertiary/aromatic N) is 2. The van der Waals surface area contributed by atoms with Gasteiger partial charge in [-0.25, -0.2) is 4.39 Å². The van der Waals surface area contributed by atoms with Crippen LogP contribution in [0.25, 0.3) is 0 Å². The van der Waals surface area contributed by atoms with E-state index in [0.717, 1.165) is 11.0 Å². The van der Waals surface area contributed by atoms with Gasteiger partial charge in [0.05, 0.1) is 23.2 Å². The van der Waals surface area contributed by atoms with Crippen molar-refractivity contribution in [2.45, 2.75) is 0 Å². The van der Waals surface area contributed by atoms with Crippen molar-refractivity contribution in [3.05, 3.63) is 33.6 Å². The van der Waals surface area contributed by atoms with E-state index in [9.17, 15) is 24.1 Å². The molecule has 2 amide bonds. The molecule has 0 bridgehead atoms. The Labute approximate surface area is 112 Å². The molecule has 9 heteroatoms. The molecule has 1 saturated heterocycles. The molecule has 1 aromatic carbocycles. The molecule has 0 spiro atoms. The quantitative estimate of drug-likeness (QED) is 0.445. The highest BCUT2D eigenvalue weighted by Gasteiger charge is 2.29. The fourth-order valence-corrected chi connectivity index (χ4v) is 1.88. The summed E-state index contributed by atoms with van der Waals surface area (Å²) in [6.45, 7) is 0.279. The Morgan fingerprint density at radius 2 is 2.20 bits per heavy atom. The fourth-order valence-electron chi connectivity index (χ4n) is 1.88. The Hall–Kier alpha value is -2.71. The minimum Gasteiger partial charge on any atom is -0.396 e. The number of halogens is 1. The van der Waals surface area contributed by atoms with Crippen LogP contribution in [0.3, 0.4) is 0 Å². The number of piperazine rings is 1. The van der Waals surface area contributed by atoms with Crippen LogP contribution in [0.4, 0.5) is 15.8 Å². The second-order valence-electron chi connectivity index (χ2n) is 4.22. The summed E-state index contributed by atoms with van der Waals surface area (Å²) in [7, 11) is 0. The molecule has 2 rings (SSSR count). The summed E-state index contributed by atoms with van der Waals surface area (Å²) in [4.78, 5) is 34.6. The summed E-state index contributed by atoms with van der Waals surface area (Å²) in [5, 5.41) is 13.4. The van der Waals surface area contributed by atoms with E-state index in [1.807, 2.05) is 0 Å². The molecule has 1 aliphatic rings. The van der Waals surface area contributed by atoms with Crippen molar-refractivity contribution in [2.24, 2.45) is 0 Å². The molecule has 3 N–H and O–H groups in total. The summed E-state index contributed by atoms with van der Waals surface area (Å²) in [6.07, 6.45) is 0. The molecule has 20 heavy (non-hydrogen) atoms. The molecule has 0 aliphatic carbocycles. The van der Waals surface area contributed by atoms with Crippen LogP contribution in [0.15, 0.2) is 12.1 Å². The van der Waals surface area contributed by atoms with Gasteiger partial charge in [0.15, 0.2) is 5.82 Å². The first-order valence-electron chi connectivity index (χ1n) is 5.69. The first kappa shape index (κ1) is 13.7. The summed E-state index contributed by atoms with van der Waals surface area (Å²) < 4.78 is 13.3. The van der Waals surface area contributed by atoms with Gasteiger partial charge in [-0.15, -0.1) is 0 Å². The van der Waals surface area contributed by atoms with E-state index in [1.165, 1.54) is 0 Å². The number of nitro benzene ring substituents is 1. The number of carbonyl (C=O) groups excluding carboxylic acids is 2. The Kier molecular flexibility index (Phi) is 3.51. The van der Waals surface area contributed by atoms with Crippen LogP contribution in [0.1, 0.15) is 10.4 Å². The predicted octanol–water partition coefficient (Wildman–Crippen LogP) is -0.112. The highest BCUT2D eigenvalue weighted by atomic mass is 19.1. The molecule has 1 fully saturated rings. The average Bonchev–Trinajstić information content (AvgIpc) is 2.40. The van der Waals surface area contributed by atoms with Crippen LogP contribution in [0.2, 0.25) is 0 Å². The molecule has 1 aromatic rings. The number of nitrogen functional groups attached to an aromatic ring is 1. The summed E-state index contributed by atoms with van der Waals surface area (Å²) >= 11 is 0. The molecular weight excluding hydrogens is 271 g/mol. The van der Waals surface area contributed by atoms with Gasteiger partial charge in [-0.3, -0.25) is 19.7 Å². The first-order valence-corrected chi connectivity index (χ1v) is 5.69. The summed E-state index contributed by atoms with van der Waals surface area (Å²) in [5.41, 5.74) is 3.97. The average molecular weight is 282 g/mol. The zero-order chi connectivity index (χ0) is 14.9. The molecule has 1 aliphatic heterocycles. The van der Waals surface area contributed by atoms with Crippen LogP contribution in [-0.4, -0.2) is 41.3 Å². The lowest BCUT2D eigenvalue weighted by Crippen LogP contribution is -2.50. The lowest BCUT2D eigenvalue weighted by Gasteiger charge is -2.26. The highest BCUT2D eigenvalue weighted by molar-refractivity contribution is 6.01. The van der Waals surface area contributed by atoms with Crippen LogP contribution >= 0.6 is 0 Å². The number of amides is 2. The lowest BCUT2D eigenvalue weighted by molar-refractivity contribution is -0.385. The van der Waals surface area contributed by atoms with Crippen LogP contribution in [0, 0.1) is 15.9 Å². The molecule has 1 heterocycles. The number of nitrogens with one attached hydrogen (secondary N) is 1. The van der Waals surface area contributed by atoms with Gasteiger partial charge in [0.1, 0.15) is 5.56 Å². The predicted molar refractivity (Wildman–Crippen MR) is 66.4 cm³/mol. The minimum absolute atomic E-state index is 0.201. The Morgan fingerprint density at radius 1 is 1.50 bits per heavy atom. The van der Waals surface area contributed by atoms with E-state index in [4.69, 9.17) is 5.73 Å². The number of nitrogens with two attached hydrogens (primary N) is 1. The van der Waals surface area contributed by atoms with Crippen molar-refractivity contribution in [3.8, 4) is 0 Å². The van der Waals surface area contributed by atoms with E-state index < -0.39 is 22.3 Å². The SMILES string of the molecule is Nc1cc(C(=O)N2CCNC(=O)C2)c([N+](=O)[O-])cc1F. The van der Waals surface area contributed by atoms with Gasteiger partial charge < -0.3 is 16.0 Å². The molecule has 0 atom stereocenters. The van der Waals surface area contributed by atoms with Gasteiger partial charge in [0.25, 0.3) is 11.6 Å². The smallest absolute Gasteiger partial charge is 0.285 e. The van der Waals surface area contributed by atoms with Gasteiger partial charge >= 0.3 is 0 Å². The normalized spacial score (nSPS) is 14.8. The van der Waals surface area contributed by atoms with Gasteiger partial charge in [-0.2, -0.15) is 0 Å². The van der Waals surface area contributed by atoms with E-state index in [-0.39, 0.29) is 36.8 Å². The van der Waals surface area contributed by atoms with E-state index in [1.54, 1.807) is 0 Å². The molecule has 0 saturated carbocycles. The third-order valence-corrected chi connectivity index (χ3v) is 2.87. The van der Waals surface area contributed by atoms with Crippen LogP contribution in [-0.2, 0) is 4.79 Å². The number of nitro groups is 1. The molecule has 0 aromatic heterocycles. The molecule has 0 radical (unpaired) electrons. The number of rotatable bonds is 2. The molecule has 0 unspecified atom stereocenters. The second kappa shape index (κ2) is 5.11. The molecule has 8 nitrogen and oxygen atoms in total. The maximum atomic E-state index is 13.3. The molecular formula is C11H11FN4O4. The van der Waals surface area contributed by atoms with Crippen LogP contribution in [0.5, 0.6) is 0 Å². The Bertz CT molecular complexity index is 604. The zero-order valence-corrected chi connectivity index (χ0v) is 10.3. The number of benzene rings is 1. The standard InChI is InChI=1S/C11H11FN4O4/c12-7-4-9(16(19)20)6(3-8(7)13)11(18)15-2-1-14-10(17)5-15/h3-4H,1-2,5,13H2,(H,14,17). The molecule has 106 valence electrons. The number of carbonyl (C=O) groups is 2. The summed E-state index contributed by atoms with van der Waals surface area (Å²) in [5.74, 6) is -2.05. The van der Waals surface area contributed by atoms with E-state index in [2.05, 4.69) is 5.32 Å². The fraction of sp³-hybridized carbons (Fsp3) is 0.273. The second-order valence-corrected chi connectivity index (χ2v) is 4.22. The van der Waals surface area contributed by atoms with Crippen molar-refractivity contribution in [1.29, 1.82) is 0 Å². The Balaban J connectivity index is 2.40. The maximum absolute atomic E-state index is 13.3. The minimum atomic E-state index is -0.968. The highest BCUT2D eigenvalue weighted by Crippen LogP contribution is 2.25. The van der Waals surface area contributed by atoms with E-state index >= 15 is 0 Å². The third kappa shape index (κ3) is 2.51. The van der Waals surface area contributed by atoms with Gasteiger partial charge in [-0.1, -0.05) is 0 Å².